The quantitative estimate of drug-likeness (QED) is 0.689. The number of carboxylic acids is 1. The number of halogens is 1. The van der Waals surface area contributed by atoms with Crippen LogP contribution in [0.2, 0.25) is 5.15 Å². The average Bonchev–Trinajstić information content (AvgIpc) is 3.12. The van der Waals surface area contributed by atoms with Crippen LogP contribution in [-0.4, -0.2) is 34.6 Å². The van der Waals surface area contributed by atoms with Crippen molar-refractivity contribution < 1.29 is 14.7 Å². The van der Waals surface area contributed by atoms with Crippen LogP contribution in [0, 0.1) is 0 Å². The molecule has 0 atom stereocenters. The molecule has 0 bridgehead atoms. The summed E-state index contributed by atoms with van der Waals surface area (Å²) in [6.45, 7) is 0.380. The van der Waals surface area contributed by atoms with Gasteiger partial charge in [0.2, 0.25) is 5.91 Å². The van der Waals surface area contributed by atoms with E-state index in [1.54, 1.807) is 0 Å². The van der Waals surface area contributed by atoms with Crippen molar-refractivity contribution in [1.29, 1.82) is 0 Å². The summed E-state index contributed by atoms with van der Waals surface area (Å²) >= 11 is 5.72. The van der Waals surface area contributed by atoms with Gasteiger partial charge in [-0.25, -0.2) is 9.78 Å². The molecule has 1 aliphatic carbocycles. The molecule has 0 aromatic carbocycles. The molecule has 0 unspecified atom stereocenters. The van der Waals surface area contributed by atoms with Crippen molar-refractivity contribution in [2.24, 2.45) is 0 Å². The van der Waals surface area contributed by atoms with Crippen molar-refractivity contribution in [3.8, 4) is 0 Å². The maximum absolute atomic E-state index is 11.4. The number of carbonyl (C=O) groups is 2. The first kappa shape index (κ1) is 13.6. The van der Waals surface area contributed by atoms with E-state index in [4.69, 9.17) is 16.7 Å². The van der Waals surface area contributed by atoms with Crippen LogP contribution in [0.4, 0.5) is 5.82 Å². The number of aromatic carboxylic acids is 1. The lowest BCUT2D eigenvalue weighted by molar-refractivity contribution is -0.120. The van der Waals surface area contributed by atoms with E-state index in [0.29, 0.717) is 24.8 Å². The number of pyridine rings is 1. The Morgan fingerprint density at radius 3 is 2.79 bits per heavy atom. The predicted molar refractivity (Wildman–Crippen MR) is 70.5 cm³/mol. The third-order valence-corrected chi connectivity index (χ3v) is 2.84. The number of rotatable bonds is 6. The second-order valence-corrected chi connectivity index (χ2v) is 4.77. The van der Waals surface area contributed by atoms with Gasteiger partial charge in [0.25, 0.3) is 0 Å². The highest BCUT2D eigenvalue weighted by molar-refractivity contribution is 6.29. The van der Waals surface area contributed by atoms with E-state index < -0.39 is 5.97 Å². The molecule has 6 nitrogen and oxygen atoms in total. The van der Waals surface area contributed by atoms with Crippen molar-refractivity contribution >= 4 is 29.3 Å². The Morgan fingerprint density at radius 2 is 2.16 bits per heavy atom. The van der Waals surface area contributed by atoms with Crippen molar-refractivity contribution in [3.05, 3.63) is 22.8 Å². The highest BCUT2D eigenvalue weighted by atomic mass is 35.5. The number of anilines is 1. The molecule has 1 saturated carbocycles. The first-order valence-corrected chi connectivity index (χ1v) is 6.36. The maximum atomic E-state index is 11.4. The van der Waals surface area contributed by atoms with Gasteiger partial charge in [-0.15, -0.1) is 0 Å². The van der Waals surface area contributed by atoms with E-state index in [9.17, 15) is 9.59 Å². The summed E-state index contributed by atoms with van der Waals surface area (Å²) in [6, 6.07) is 3.00. The van der Waals surface area contributed by atoms with Crippen LogP contribution in [-0.2, 0) is 4.79 Å². The molecule has 0 aliphatic heterocycles. The topological polar surface area (TPSA) is 91.3 Å². The van der Waals surface area contributed by atoms with E-state index in [2.05, 4.69) is 15.6 Å². The molecule has 19 heavy (non-hydrogen) atoms. The summed E-state index contributed by atoms with van der Waals surface area (Å²) < 4.78 is 0. The molecule has 0 saturated heterocycles. The fraction of sp³-hybridized carbons (Fsp3) is 0.417. The largest absolute Gasteiger partial charge is 0.478 e. The zero-order valence-corrected chi connectivity index (χ0v) is 10.9. The van der Waals surface area contributed by atoms with Gasteiger partial charge in [0.1, 0.15) is 11.0 Å². The van der Waals surface area contributed by atoms with Crippen molar-refractivity contribution in [2.75, 3.05) is 11.9 Å². The normalized spacial score (nSPS) is 13.9. The minimum atomic E-state index is -1.07. The number of hydrogen-bond donors (Lipinski definition) is 3. The van der Waals surface area contributed by atoms with E-state index in [-0.39, 0.29) is 16.6 Å². The standard InChI is InChI=1S/C12H14ClN3O3/c13-9-5-7(12(18)19)6-10(16-9)14-4-3-11(17)15-8-1-2-8/h5-6,8H,1-4H2,(H,14,16)(H,15,17)(H,18,19). The third kappa shape index (κ3) is 4.40. The Balaban J connectivity index is 1.84. The SMILES string of the molecule is O=C(CCNc1cc(C(=O)O)cc(Cl)n1)NC1CC1. The number of aromatic nitrogens is 1. The van der Waals surface area contributed by atoms with Gasteiger partial charge in [-0.1, -0.05) is 11.6 Å². The maximum Gasteiger partial charge on any atom is 0.335 e. The zero-order chi connectivity index (χ0) is 13.8. The second kappa shape index (κ2) is 5.88. The molecule has 1 amide bonds. The van der Waals surface area contributed by atoms with Gasteiger partial charge in [0, 0.05) is 19.0 Å². The number of carboxylic acid groups (broad SMARTS) is 1. The van der Waals surface area contributed by atoms with Crippen LogP contribution in [0.1, 0.15) is 29.6 Å². The number of carbonyl (C=O) groups excluding carboxylic acids is 1. The summed E-state index contributed by atoms with van der Waals surface area (Å²) in [5.74, 6) is -0.738. The Hall–Kier alpha value is -1.82. The van der Waals surface area contributed by atoms with Gasteiger partial charge < -0.3 is 15.7 Å². The Labute approximate surface area is 115 Å². The molecule has 0 spiro atoms. The molecule has 1 aliphatic rings. The first-order chi connectivity index (χ1) is 9.04. The molecular weight excluding hydrogens is 270 g/mol. The summed E-state index contributed by atoms with van der Waals surface area (Å²) in [5, 5.41) is 14.7. The molecule has 1 heterocycles. The summed E-state index contributed by atoms with van der Waals surface area (Å²) in [4.78, 5) is 26.2. The van der Waals surface area contributed by atoms with E-state index >= 15 is 0 Å². The van der Waals surface area contributed by atoms with Crippen LogP contribution in [0.25, 0.3) is 0 Å². The summed E-state index contributed by atoms with van der Waals surface area (Å²) in [5.41, 5.74) is 0.0601. The molecule has 0 radical (unpaired) electrons. The fourth-order valence-electron chi connectivity index (χ4n) is 1.54. The van der Waals surface area contributed by atoms with Crippen LogP contribution in [0.15, 0.2) is 12.1 Å². The highest BCUT2D eigenvalue weighted by Crippen LogP contribution is 2.18. The minimum absolute atomic E-state index is 0.0181. The predicted octanol–water partition coefficient (Wildman–Crippen LogP) is 1.51. The van der Waals surface area contributed by atoms with E-state index in [1.165, 1.54) is 12.1 Å². The Morgan fingerprint density at radius 1 is 1.42 bits per heavy atom. The number of nitrogens with zero attached hydrogens (tertiary/aromatic N) is 1. The molecule has 2 rings (SSSR count). The van der Waals surface area contributed by atoms with Crippen LogP contribution in [0.3, 0.4) is 0 Å². The Kier molecular flexibility index (Phi) is 4.21. The summed E-state index contributed by atoms with van der Waals surface area (Å²) in [7, 11) is 0. The van der Waals surface area contributed by atoms with E-state index in [1.807, 2.05) is 0 Å². The van der Waals surface area contributed by atoms with Crippen molar-refractivity contribution in [3.63, 3.8) is 0 Å². The Bertz CT molecular complexity index is 503. The van der Waals surface area contributed by atoms with Crippen LogP contribution >= 0.6 is 11.6 Å². The number of nitrogens with one attached hydrogen (secondary N) is 2. The lowest BCUT2D eigenvalue weighted by Crippen LogP contribution is -2.27. The first-order valence-electron chi connectivity index (χ1n) is 5.99. The van der Waals surface area contributed by atoms with Gasteiger partial charge in [-0.3, -0.25) is 4.79 Å². The monoisotopic (exact) mass is 283 g/mol. The molecular formula is C12H14ClN3O3. The molecule has 7 heteroatoms. The zero-order valence-electron chi connectivity index (χ0n) is 10.1. The van der Waals surface area contributed by atoms with Gasteiger partial charge in [-0.2, -0.15) is 0 Å². The lowest BCUT2D eigenvalue weighted by Gasteiger charge is -2.07. The third-order valence-electron chi connectivity index (χ3n) is 2.64. The second-order valence-electron chi connectivity index (χ2n) is 4.39. The average molecular weight is 284 g/mol. The molecule has 1 aromatic rings. The van der Waals surface area contributed by atoms with E-state index in [0.717, 1.165) is 12.8 Å². The van der Waals surface area contributed by atoms with Gasteiger partial charge in [-0.05, 0) is 25.0 Å². The number of amides is 1. The number of hydrogen-bond acceptors (Lipinski definition) is 4. The minimum Gasteiger partial charge on any atom is -0.478 e. The molecule has 3 N–H and O–H groups in total. The molecule has 1 fully saturated rings. The van der Waals surface area contributed by atoms with Gasteiger partial charge in [0.05, 0.1) is 5.56 Å². The molecule has 1 aromatic heterocycles. The van der Waals surface area contributed by atoms with Crippen molar-refractivity contribution in [2.45, 2.75) is 25.3 Å². The van der Waals surface area contributed by atoms with Crippen LogP contribution < -0.4 is 10.6 Å². The molecule has 102 valence electrons. The summed E-state index contributed by atoms with van der Waals surface area (Å²) in [6.07, 6.45) is 2.42. The smallest absolute Gasteiger partial charge is 0.335 e. The lowest BCUT2D eigenvalue weighted by atomic mass is 10.2. The van der Waals surface area contributed by atoms with Crippen LogP contribution in [0.5, 0.6) is 0 Å². The van der Waals surface area contributed by atoms with Gasteiger partial charge >= 0.3 is 5.97 Å². The highest BCUT2D eigenvalue weighted by Gasteiger charge is 2.22. The van der Waals surface area contributed by atoms with Crippen molar-refractivity contribution in [1.82, 2.24) is 10.3 Å². The van der Waals surface area contributed by atoms with Gasteiger partial charge in [0.15, 0.2) is 0 Å². The fourth-order valence-corrected chi connectivity index (χ4v) is 1.75.